The van der Waals surface area contributed by atoms with Crippen LogP contribution in [0.4, 0.5) is 26.0 Å². The number of carbonyl (C=O) groups excluding carboxylic acids is 1. The molecule has 4 N–H and O–H groups in total. The third kappa shape index (κ3) is 6.82. The first-order chi connectivity index (χ1) is 15.1. The van der Waals surface area contributed by atoms with Gasteiger partial charge in [-0.15, -0.1) is 0 Å². The summed E-state index contributed by atoms with van der Waals surface area (Å²) < 4.78 is 30.1. The number of amides is 1. The van der Waals surface area contributed by atoms with Crippen LogP contribution in [0.5, 0.6) is 5.75 Å². The lowest BCUT2D eigenvalue weighted by atomic mass is 10.2. The summed E-state index contributed by atoms with van der Waals surface area (Å²) >= 11 is 0. The molecule has 0 saturated heterocycles. The molecule has 0 unspecified atom stereocenters. The molecule has 32 heavy (non-hydrogen) atoms. The molecule has 1 aromatic carbocycles. The maximum atomic E-state index is 12.7. The van der Waals surface area contributed by atoms with E-state index in [4.69, 9.17) is 5.73 Å². The number of hydrogen-bond acceptors (Lipinski definition) is 6. The summed E-state index contributed by atoms with van der Waals surface area (Å²) in [5.41, 5.74) is 5.36. The summed E-state index contributed by atoms with van der Waals surface area (Å²) in [6.45, 7) is 3.35. The number of halogens is 2. The molecule has 0 fully saturated rings. The highest BCUT2D eigenvalue weighted by molar-refractivity contribution is 5.94. The largest absolute Gasteiger partial charge is 0.435 e. The summed E-state index contributed by atoms with van der Waals surface area (Å²) in [7, 11) is 0. The number of nitrogens with two attached hydrogens (primary N) is 1. The number of ether oxygens (including phenoxy) is 1. The fraction of sp³-hybridized carbons (Fsp3) is 0.476. The van der Waals surface area contributed by atoms with Crippen LogP contribution in [0.2, 0.25) is 0 Å². The zero-order valence-electron chi connectivity index (χ0n) is 18.4. The molecule has 1 amide bonds. The molecule has 0 spiro atoms. The minimum absolute atomic E-state index is 0.00847. The number of hydrogen-bond donors (Lipinski definition) is 3. The number of aromatic amines is 1. The van der Waals surface area contributed by atoms with E-state index in [0.717, 1.165) is 6.42 Å². The maximum absolute atomic E-state index is 12.7. The molecule has 0 bridgehead atoms. The molecule has 1 heterocycles. The van der Waals surface area contributed by atoms with Crippen LogP contribution in [0.15, 0.2) is 33.9 Å². The summed E-state index contributed by atoms with van der Waals surface area (Å²) in [4.78, 5) is 41.2. The molecule has 0 aliphatic rings. The van der Waals surface area contributed by atoms with E-state index in [9.17, 15) is 23.2 Å². The monoisotopic (exact) mass is 453 g/mol. The van der Waals surface area contributed by atoms with Gasteiger partial charge in [0.15, 0.2) is 0 Å². The predicted octanol–water partition coefficient (Wildman–Crippen LogP) is 2.62. The number of rotatable bonds is 11. The summed E-state index contributed by atoms with van der Waals surface area (Å²) in [5, 5.41) is 2.65. The Morgan fingerprint density at radius 1 is 1.25 bits per heavy atom. The minimum Gasteiger partial charge on any atom is -0.435 e. The third-order valence-electron chi connectivity index (χ3n) is 4.55. The van der Waals surface area contributed by atoms with Crippen molar-refractivity contribution in [3.63, 3.8) is 0 Å². The summed E-state index contributed by atoms with van der Waals surface area (Å²) in [6, 6.07) is 5.46. The number of unbranched alkanes of at least 4 members (excludes halogenated alkanes) is 1. The van der Waals surface area contributed by atoms with Crippen LogP contribution < -0.4 is 31.9 Å². The lowest BCUT2D eigenvalue weighted by Gasteiger charge is -2.27. The fourth-order valence-corrected chi connectivity index (χ4v) is 3.19. The molecule has 176 valence electrons. The Labute approximate surface area is 184 Å². The molecule has 0 aliphatic carbocycles. The van der Waals surface area contributed by atoms with Crippen molar-refractivity contribution in [3.05, 3.63) is 45.1 Å². The smallest absolute Gasteiger partial charge is 0.387 e. The van der Waals surface area contributed by atoms with Crippen LogP contribution in [-0.2, 0) is 11.3 Å². The van der Waals surface area contributed by atoms with E-state index in [1.54, 1.807) is 0 Å². The third-order valence-corrected chi connectivity index (χ3v) is 4.55. The van der Waals surface area contributed by atoms with E-state index < -0.39 is 23.8 Å². The van der Waals surface area contributed by atoms with Gasteiger partial charge in [-0.25, -0.2) is 4.79 Å². The zero-order chi connectivity index (χ0) is 23.8. The number of H-pyrrole nitrogens is 1. The SMILES string of the molecule is CCCCn1c(N)c(N(CC(=O)Nc2ccc(OC(F)F)cc2)CC(C)C)c(=O)[nH]c1=O. The standard InChI is InChI=1S/C21H29F2N5O4/c1-4-5-10-28-18(24)17(19(30)26-21(28)31)27(11-13(2)3)12-16(29)25-14-6-8-15(9-7-14)32-20(22)23/h6-9,13,20H,4-5,10-12,24H2,1-3H3,(H,25,29)(H,26,30,31). The molecule has 9 nitrogen and oxygen atoms in total. The highest BCUT2D eigenvalue weighted by Gasteiger charge is 2.22. The Morgan fingerprint density at radius 2 is 1.91 bits per heavy atom. The molecule has 11 heteroatoms. The number of anilines is 3. The van der Waals surface area contributed by atoms with E-state index in [1.165, 1.54) is 33.7 Å². The van der Waals surface area contributed by atoms with E-state index >= 15 is 0 Å². The first-order valence-electron chi connectivity index (χ1n) is 10.3. The van der Waals surface area contributed by atoms with Gasteiger partial charge in [0.25, 0.3) is 5.56 Å². The highest BCUT2D eigenvalue weighted by atomic mass is 19.3. The Hall–Kier alpha value is -3.37. The molecule has 0 atom stereocenters. The van der Waals surface area contributed by atoms with Crippen molar-refractivity contribution in [2.24, 2.45) is 5.92 Å². The number of nitrogen functional groups attached to an aromatic ring is 1. The van der Waals surface area contributed by atoms with Crippen molar-refractivity contribution in [3.8, 4) is 5.75 Å². The summed E-state index contributed by atoms with van der Waals surface area (Å²) in [6.07, 6.45) is 1.53. The normalized spacial score (nSPS) is 11.1. The van der Waals surface area contributed by atoms with E-state index in [-0.39, 0.29) is 29.7 Å². The maximum Gasteiger partial charge on any atom is 0.387 e. The number of nitrogens with one attached hydrogen (secondary N) is 2. The van der Waals surface area contributed by atoms with Gasteiger partial charge >= 0.3 is 12.3 Å². The van der Waals surface area contributed by atoms with Crippen molar-refractivity contribution in [1.29, 1.82) is 0 Å². The molecular formula is C21H29F2N5O4. The lowest BCUT2D eigenvalue weighted by molar-refractivity contribution is -0.115. The molecular weight excluding hydrogens is 424 g/mol. The van der Waals surface area contributed by atoms with Gasteiger partial charge in [-0.1, -0.05) is 27.2 Å². The Bertz CT molecular complexity index is 1020. The molecule has 0 radical (unpaired) electrons. The quantitative estimate of drug-likeness (QED) is 0.481. The van der Waals surface area contributed by atoms with E-state index in [2.05, 4.69) is 15.0 Å². The van der Waals surface area contributed by atoms with Gasteiger partial charge in [0.2, 0.25) is 5.91 Å². The lowest BCUT2D eigenvalue weighted by Crippen LogP contribution is -2.43. The molecule has 2 aromatic rings. The number of nitrogens with zero attached hydrogens (tertiary/aromatic N) is 2. The van der Waals surface area contributed by atoms with E-state index in [1.807, 2.05) is 20.8 Å². The Morgan fingerprint density at radius 3 is 2.47 bits per heavy atom. The van der Waals surface area contributed by atoms with Gasteiger partial charge in [0, 0.05) is 18.8 Å². The first-order valence-corrected chi connectivity index (χ1v) is 10.3. The van der Waals surface area contributed by atoms with Gasteiger partial charge in [0.1, 0.15) is 17.3 Å². The van der Waals surface area contributed by atoms with Gasteiger partial charge in [0.05, 0.1) is 6.54 Å². The fourth-order valence-electron chi connectivity index (χ4n) is 3.19. The number of benzene rings is 1. The van der Waals surface area contributed by atoms with Crippen molar-refractivity contribution in [1.82, 2.24) is 9.55 Å². The minimum atomic E-state index is -2.94. The second-order valence-electron chi connectivity index (χ2n) is 7.72. The Kier molecular flexibility index (Phi) is 8.80. The van der Waals surface area contributed by atoms with Gasteiger partial charge < -0.3 is 20.7 Å². The van der Waals surface area contributed by atoms with Crippen LogP contribution in [0.25, 0.3) is 0 Å². The van der Waals surface area contributed by atoms with Gasteiger partial charge in [-0.3, -0.25) is 19.1 Å². The number of carbonyl (C=O) groups is 1. The van der Waals surface area contributed by atoms with Crippen LogP contribution in [0.1, 0.15) is 33.6 Å². The second kappa shape index (κ2) is 11.3. The number of aromatic nitrogens is 2. The van der Waals surface area contributed by atoms with Crippen molar-refractivity contribution >= 4 is 23.1 Å². The molecule has 1 aromatic heterocycles. The van der Waals surface area contributed by atoms with Crippen LogP contribution >= 0.6 is 0 Å². The average molecular weight is 453 g/mol. The molecule has 0 aliphatic heterocycles. The van der Waals surface area contributed by atoms with Crippen molar-refractivity contribution < 1.29 is 18.3 Å². The van der Waals surface area contributed by atoms with E-state index in [0.29, 0.717) is 25.2 Å². The van der Waals surface area contributed by atoms with Crippen molar-refractivity contribution in [2.45, 2.75) is 46.8 Å². The predicted molar refractivity (Wildman–Crippen MR) is 119 cm³/mol. The van der Waals surface area contributed by atoms with Crippen molar-refractivity contribution in [2.75, 3.05) is 29.0 Å². The highest BCUT2D eigenvalue weighted by Crippen LogP contribution is 2.20. The molecule has 0 saturated carbocycles. The number of alkyl halides is 2. The Balaban J connectivity index is 2.26. The zero-order valence-corrected chi connectivity index (χ0v) is 18.4. The van der Waals surface area contributed by atoms with Crippen LogP contribution in [0.3, 0.4) is 0 Å². The topological polar surface area (TPSA) is 122 Å². The van der Waals surface area contributed by atoms with Crippen LogP contribution in [-0.4, -0.2) is 35.2 Å². The molecule has 2 rings (SSSR count). The van der Waals surface area contributed by atoms with Crippen LogP contribution in [0, 0.1) is 5.92 Å². The summed E-state index contributed by atoms with van der Waals surface area (Å²) in [5.74, 6) is -0.385. The van der Waals surface area contributed by atoms with Gasteiger partial charge in [-0.2, -0.15) is 8.78 Å². The second-order valence-corrected chi connectivity index (χ2v) is 7.72. The average Bonchev–Trinajstić information content (AvgIpc) is 2.68. The first kappa shape index (κ1) is 24.9. The van der Waals surface area contributed by atoms with Gasteiger partial charge in [-0.05, 0) is 36.6 Å².